The molecule has 1 aliphatic carbocycles. The molecule has 0 amide bonds. The lowest BCUT2D eigenvalue weighted by Gasteiger charge is -2.26. The second kappa shape index (κ2) is 9.43. The summed E-state index contributed by atoms with van der Waals surface area (Å²) in [6.07, 6.45) is 10.2. The maximum atomic E-state index is 14.5. The highest BCUT2D eigenvalue weighted by Crippen LogP contribution is 2.35. The van der Waals surface area contributed by atoms with Gasteiger partial charge in [-0.1, -0.05) is 75.1 Å². The fourth-order valence-electron chi connectivity index (χ4n) is 4.84. The molecule has 0 N–H and O–H groups in total. The van der Waals surface area contributed by atoms with Crippen molar-refractivity contribution in [1.29, 1.82) is 5.26 Å². The molecule has 0 radical (unpaired) electrons. The highest BCUT2D eigenvalue weighted by Gasteiger charge is 2.24. The molecule has 3 aromatic carbocycles. The molecule has 2 heteroatoms. The van der Waals surface area contributed by atoms with E-state index >= 15 is 0 Å². The lowest BCUT2D eigenvalue weighted by molar-refractivity contribution is 0.540. The van der Waals surface area contributed by atoms with Gasteiger partial charge in [-0.05, 0) is 77.1 Å². The smallest absolute Gasteiger partial charge is 0.144 e. The van der Waals surface area contributed by atoms with Crippen molar-refractivity contribution in [2.24, 2.45) is 0 Å². The molecule has 0 saturated heterocycles. The van der Waals surface area contributed by atoms with Gasteiger partial charge in [-0.3, -0.25) is 0 Å². The molecule has 0 aliphatic heterocycles. The predicted octanol–water partition coefficient (Wildman–Crippen LogP) is 7.64. The minimum Gasteiger partial charge on any atom is -0.205 e. The van der Waals surface area contributed by atoms with Crippen LogP contribution in [-0.4, -0.2) is 0 Å². The number of hydrogen-bond acceptors (Lipinski definition) is 1. The number of aryl methyl sites for hydroxylation is 1. The lowest BCUT2D eigenvalue weighted by Crippen LogP contribution is -2.15. The van der Waals surface area contributed by atoms with Crippen LogP contribution < -0.4 is 0 Å². The summed E-state index contributed by atoms with van der Waals surface area (Å²) in [5, 5.41) is 11.7. The number of rotatable bonds is 7. The molecule has 1 unspecified atom stereocenters. The third-order valence-electron chi connectivity index (χ3n) is 6.64. The molecule has 0 heterocycles. The van der Waals surface area contributed by atoms with Crippen LogP contribution in [0, 0.1) is 17.1 Å². The molecule has 4 rings (SSSR count). The van der Waals surface area contributed by atoms with E-state index in [4.69, 9.17) is 5.26 Å². The molecule has 1 nitrogen and oxygen atoms in total. The minimum atomic E-state index is -0.311. The van der Waals surface area contributed by atoms with E-state index in [9.17, 15) is 4.39 Å². The Hall–Kier alpha value is -2.66. The largest absolute Gasteiger partial charge is 0.205 e. The van der Waals surface area contributed by atoms with Crippen LogP contribution in [0.5, 0.6) is 0 Å². The Labute approximate surface area is 179 Å². The molecular formula is C28H30FN. The van der Waals surface area contributed by atoms with Crippen molar-refractivity contribution >= 4 is 10.8 Å². The molecule has 0 aromatic heterocycles. The number of benzene rings is 3. The molecule has 154 valence electrons. The van der Waals surface area contributed by atoms with Crippen molar-refractivity contribution in [1.82, 2.24) is 0 Å². The van der Waals surface area contributed by atoms with Gasteiger partial charge >= 0.3 is 0 Å². The van der Waals surface area contributed by atoms with Crippen LogP contribution >= 0.6 is 0 Å². The monoisotopic (exact) mass is 399 g/mol. The van der Waals surface area contributed by atoms with Crippen LogP contribution in [0.2, 0.25) is 0 Å². The SMILES string of the molecule is CCCCCCCc1ccc2cc(C3CCc4c(ccc(C#N)c4F)C3)ccc2c1. The number of nitrogens with zero attached hydrogens (tertiary/aromatic N) is 1. The van der Waals surface area contributed by atoms with Crippen LogP contribution in [0.25, 0.3) is 10.8 Å². The Morgan fingerprint density at radius 2 is 1.77 bits per heavy atom. The highest BCUT2D eigenvalue weighted by atomic mass is 19.1. The van der Waals surface area contributed by atoms with Gasteiger partial charge in [0.05, 0.1) is 5.56 Å². The second-order valence-electron chi connectivity index (χ2n) is 8.72. The van der Waals surface area contributed by atoms with E-state index in [2.05, 4.69) is 43.3 Å². The first kappa shape index (κ1) is 20.6. The van der Waals surface area contributed by atoms with Crippen LogP contribution in [0.3, 0.4) is 0 Å². The Balaban J connectivity index is 1.47. The Morgan fingerprint density at radius 3 is 2.60 bits per heavy atom. The topological polar surface area (TPSA) is 23.8 Å². The van der Waals surface area contributed by atoms with Crippen molar-refractivity contribution in [2.45, 2.75) is 70.6 Å². The van der Waals surface area contributed by atoms with Gasteiger partial charge in [-0.25, -0.2) is 4.39 Å². The summed E-state index contributed by atoms with van der Waals surface area (Å²) in [7, 11) is 0. The first-order valence-electron chi connectivity index (χ1n) is 11.4. The normalized spacial score (nSPS) is 15.7. The van der Waals surface area contributed by atoms with Crippen LogP contribution in [0.1, 0.15) is 79.2 Å². The van der Waals surface area contributed by atoms with Crippen LogP contribution in [-0.2, 0) is 19.3 Å². The van der Waals surface area contributed by atoms with Gasteiger partial charge in [0.15, 0.2) is 0 Å². The molecule has 1 aliphatic rings. The Kier molecular flexibility index (Phi) is 6.48. The van der Waals surface area contributed by atoms with Gasteiger partial charge in [-0.2, -0.15) is 5.26 Å². The van der Waals surface area contributed by atoms with Gasteiger partial charge in [-0.15, -0.1) is 0 Å². The number of hydrogen-bond donors (Lipinski definition) is 0. The average Bonchev–Trinajstić information content (AvgIpc) is 2.78. The summed E-state index contributed by atoms with van der Waals surface area (Å²) in [5.41, 5.74) is 4.74. The summed E-state index contributed by atoms with van der Waals surface area (Å²) >= 11 is 0. The summed E-state index contributed by atoms with van der Waals surface area (Å²) in [5.74, 6) is 0.0988. The van der Waals surface area contributed by atoms with E-state index < -0.39 is 0 Å². The summed E-state index contributed by atoms with van der Waals surface area (Å²) < 4.78 is 14.5. The maximum Gasteiger partial charge on any atom is 0.144 e. The van der Waals surface area contributed by atoms with Gasteiger partial charge < -0.3 is 0 Å². The van der Waals surface area contributed by atoms with Crippen molar-refractivity contribution in [3.63, 3.8) is 0 Å². The van der Waals surface area contributed by atoms with Crippen LogP contribution in [0.15, 0.2) is 48.5 Å². The fraction of sp³-hybridized carbons (Fsp3) is 0.393. The van der Waals surface area contributed by atoms with Gasteiger partial charge in [0.25, 0.3) is 0 Å². The summed E-state index contributed by atoms with van der Waals surface area (Å²) in [6, 6.07) is 19.2. The van der Waals surface area contributed by atoms with Gasteiger partial charge in [0.2, 0.25) is 0 Å². The quantitative estimate of drug-likeness (QED) is 0.375. The Bertz CT molecular complexity index is 1080. The average molecular weight is 400 g/mol. The van der Waals surface area contributed by atoms with Crippen molar-refractivity contribution in [3.05, 3.63) is 82.2 Å². The Morgan fingerprint density at radius 1 is 0.967 bits per heavy atom. The van der Waals surface area contributed by atoms with Gasteiger partial charge in [0, 0.05) is 0 Å². The molecular weight excluding hydrogens is 369 g/mol. The minimum absolute atomic E-state index is 0.166. The van der Waals surface area contributed by atoms with E-state index in [1.54, 1.807) is 6.07 Å². The van der Waals surface area contributed by atoms with Crippen molar-refractivity contribution < 1.29 is 4.39 Å². The lowest BCUT2D eigenvalue weighted by atomic mass is 9.79. The number of fused-ring (bicyclic) bond motifs is 2. The molecule has 0 spiro atoms. The molecule has 3 aromatic rings. The maximum absolute atomic E-state index is 14.5. The zero-order valence-electron chi connectivity index (χ0n) is 17.9. The molecule has 0 bridgehead atoms. The third kappa shape index (κ3) is 4.41. The third-order valence-corrected chi connectivity index (χ3v) is 6.64. The van der Waals surface area contributed by atoms with Crippen molar-refractivity contribution in [3.8, 4) is 6.07 Å². The zero-order chi connectivity index (χ0) is 20.9. The molecule has 30 heavy (non-hydrogen) atoms. The number of nitriles is 1. The van der Waals surface area contributed by atoms with Crippen molar-refractivity contribution in [2.75, 3.05) is 0 Å². The predicted molar refractivity (Wildman–Crippen MR) is 122 cm³/mol. The van der Waals surface area contributed by atoms with Crippen LogP contribution in [0.4, 0.5) is 4.39 Å². The first-order valence-corrected chi connectivity index (χ1v) is 11.4. The second-order valence-corrected chi connectivity index (χ2v) is 8.72. The highest BCUT2D eigenvalue weighted by molar-refractivity contribution is 5.84. The number of halogens is 1. The van der Waals surface area contributed by atoms with Gasteiger partial charge in [0.1, 0.15) is 11.9 Å². The van der Waals surface area contributed by atoms with E-state index in [-0.39, 0.29) is 11.4 Å². The summed E-state index contributed by atoms with van der Waals surface area (Å²) in [6.45, 7) is 2.26. The standard InChI is InChI=1S/C28H30FN/c1-2-3-4-5-6-7-20-8-9-22-17-23(11-10-21(22)16-20)24-14-15-27-25(18-24)12-13-26(19-30)28(27)29/h8-13,16-17,24H,2-7,14-15,18H2,1H3. The molecule has 0 saturated carbocycles. The van der Waals surface area contributed by atoms with E-state index in [1.165, 1.54) is 54.0 Å². The van der Waals surface area contributed by atoms with E-state index in [0.717, 1.165) is 30.4 Å². The first-order chi connectivity index (χ1) is 14.7. The molecule has 1 atom stereocenters. The zero-order valence-corrected chi connectivity index (χ0v) is 17.9. The molecule has 0 fully saturated rings. The van der Waals surface area contributed by atoms with E-state index in [0.29, 0.717) is 12.3 Å². The summed E-state index contributed by atoms with van der Waals surface area (Å²) in [4.78, 5) is 0. The fourth-order valence-corrected chi connectivity index (χ4v) is 4.84. The number of unbranched alkanes of at least 4 members (excludes halogenated alkanes) is 4. The van der Waals surface area contributed by atoms with E-state index in [1.807, 2.05) is 12.1 Å².